The van der Waals surface area contributed by atoms with Crippen LogP contribution in [0.15, 0.2) is 24.3 Å². The van der Waals surface area contributed by atoms with Crippen molar-refractivity contribution in [3.05, 3.63) is 35.4 Å². The number of amides is 1. The zero-order valence-corrected chi connectivity index (χ0v) is 12.6. The first kappa shape index (κ1) is 14.1. The van der Waals surface area contributed by atoms with Crippen LogP contribution in [0.4, 0.5) is 0 Å². The van der Waals surface area contributed by atoms with E-state index in [-0.39, 0.29) is 11.9 Å². The molecule has 21 heavy (non-hydrogen) atoms. The Morgan fingerprint density at radius 3 is 2.86 bits per heavy atom. The molecule has 2 heterocycles. The number of hydrogen-bond donors (Lipinski definition) is 0. The van der Waals surface area contributed by atoms with Gasteiger partial charge in [0.25, 0.3) is 5.91 Å². The van der Waals surface area contributed by atoms with Crippen molar-refractivity contribution < 1.29 is 14.3 Å². The van der Waals surface area contributed by atoms with Crippen molar-refractivity contribution in [1.82, 2.24) is 4.90 Å². The van der Waals surface area contributed by atoms with Gasteiger partial charge in [0.05, 0.1) is 5.56 Å². The Morgan fingerprint density at radius 1 is 1.33 bits per heavy atom. The van der Waals surface area contributed by atoms with Crippen LogP contribution < -0.4 is 0 Å². The second kappa shape index (κ2) is 5.17. The van der Waals surface area contributed by atoms with E-state index in [4.69, 9.17) is 4.74 Å². The summed E-state index contributed by atoms with van der Waals surface area (Å²) in [6.45, 7) is 4.57. The lowest BCUT2D eigenvalue weighted by molar-refractivity contribution is -0.154. The van der Waals surface area contributed by atoms with Crippen LogP contribution in [0.3, 0.4) is 0 Å². The number of rotatable bonds is 1. The molecule has 0 saturated carbocycles. The molecule has 2 unspecified atom stereocenters. The quantitative estimate of drug-likeness (QED) is 0.746. The zero-order chi connectivity index (χ0) is 15.0. The van der Waals surface area contributed by atoms with E-state index >= 15 is 0 Å². The number of benzene rings is 1. The molecule has 1 aromatic rings. The number of piperidine rings is 1. The van der Waals surface area contributed by atoms with Crippen molar-refractivity contribution >= 4 is 11.9 Å². The van der Waals surface area contributed by atoms with Crippen LogP contribution in [-0.4, -0.2) is 35.0 Å². The summed E-state index contributed by atoms with van der Waals surface area (Å²) < 4.78 is 5.53. The maximum absolute atomic E-state index is 12.9. The van der Waals surface area contributed by atoms with Gasteiger partial charge in [-0.3, -0.25) is 4.79 Å². The van der Waals surface area contributed by atoms with E-state index in [1.54, 1.807) is 13.0 Å². The van der Waals surface area contributed by atoms with E-state index in [2.05, 4.69) is 6.92 Å². The Kier molecular flexibility index (Phi) is 3.47. The van der Waals surface area contributed by atoms with Gasteiger partial charge < -0.3 is 9.64 Å². The standard InChI is InChI=1S/C17H21NO3/c1-12-7-5-6-10-18(12)16(20)17(2)11-13-8-3-4-9-14(13)15(19)21-17/h3-4,8-9,12H,5-7,10-11H2,1-2H3. The predicted octanol–water partition coefficient (Wildman–Crippen LogP) is 2.56. The van der Waals surface area contributed by atoms with E-state index in [1.165, 1.54) is 0 Å². The fraction of sp³-hybridized carbons (Fsp3) is 0.529. The number of fused-ring (bicyclic) bond motifs is 1. The minimum Gasteiger partial charge on any atom is -0.445 e. The Morgan fingerprint density at radius 2 is 2.10 bits per heavy atom. The van der Waals surface area contributed by atoms with Gasteiger partial charge in [-0.25, -0.2) is 4.79 Å². The lowest BCUT2D eigenvalue weighted by atomic mass is 9.88. The second-order valence-electron chi connectivity index (χ2n) is 6.30. The van der Waals surface area contributed by atoms with Crippen molar-refractivity contribution in [1.29, 1.82) is 0 Å². The maximum atomic E-state index is 12.9. The average molecular weight is 287 g/mol. The van der Waals surface area contributed by atoms with E-state index in [1.807, 2.05) is 23.1 Å². The fourth-order valence-electron chi connectivity index (χ4n) is 3.36. The molecule has 2 atom stereocenters. The number of esters is 1. The first-order valence-corrected chi connectivity index (χ1v) is 7.63. The molecule has 0 aromatic heterocycles. The van der Waals surface area contributed by atoms with Gasteiger partial charge in [-0.05, 0) is 44.7 Å². The van der Waals surface area contributed by atoms with Crippen LogP contribution in [0.1, 0.15) is 49.0 Å². The number of ether oxygens (including phenoxy) is 1. The third-order valence-corrected chi connectivity index (χ3v) is 4.60. The topological polar surface area (TPSA) is 46.6 Å². The summed E-state index contributed by atoms with van der Waals surface area (Å²) in [5, 5.41) is 0. The summed E-state index contributed by atoms with van der Waals surface area (Å²) in [5.41, 5.74) is 0.403. The molecule has 2 aliphatic heterocycles. The fourth-order valence-corrected chi connectivity index (χ4v) is 3.36. The maximum Gasteiger partial charge on any atom is 0.339 e. The summed E-state index contributed by atoms with van der Waals surface area (Å²) in [4.78, 5) is 26.9. The molecule has 1 amide bonds. The molecule has 4 heteroatoms. The van der Waals surface area contributed by atoms with Gasteiger partial charge in [0.2, 0.25) is 0 Å². The summed E-state index contributed by atoms with van der Waals surface area (Å²) in [6, 6.07) is 7.59. The van der Waals surface area contributed by atoms with Crippen LogP contribution in [0.5, 0.6) is 0 Å². The zero-order valence-electron chi connectivity index (χ0n) is 12.6. The van der Waals surface area contributed by atoms with Crippen molar-refractivity contribution in [2.45, 2.75) is 51.2 Å². The monoisotopic (exact) mass is 287 g/mol. The Bertz CT molecular complexity index is 583. The van der Waals surface area contributed by atoms with Gasteiger partial charge in [0, 0.05) is 19.0 Å². The Labute approximate surface area is 125 Å². The van der Waals surface area contributed by atoms with Crippen LogP contribution in [0.25, 0.3) is 0 Å². The Balaban J connectivity index is 1.88. The SMILES string of the molecule is CC1CCCCN1C(=O)C1(C)Cc2ccccc2C(=O)O1. The van der Waals surface area contributed by atoms with Crippen LogP contribution in [0.2, 0.25) is 0 Å². The molecule has 3 rings (SSSR count). The largest absolute Gasteiger partial charge is 0.445 e. The van der Waals surface area contributed by atoms with E-state index in [0.717, 1.165) is 31.4 Å². The van der Waals surface area contributed by atoms with Gasteiger partial charge in [-0.15, -0.1) is 0 Å². The number of cyclic esters (lactones) is 1. The third-order valence-electron chi connectivity index (χ3n) is 4.60. The number of nitrogens with zero attached hydrogens (tertiary/aromatic N) is 1. The highest BCUT2D eigenvalue weighted by Gasteiger charge is 2.45. The highest BCUT2D eigenvalue weighted by atomic mass is 16.6. The van der Waals surface area contributed by atoms with Crippen molar-refractivity contribution in [3.63, 3.8) is 0 Å². The molecule has 0 spiro atoms. The summed E-state index contributed by atoms with van der Waals surface area (Å²) in [5.74, 6) is -0.449. The van der Waals surface area contributed by atoms with E-state index in [9.17, 15) is 9.59 Å². The molecular weight excluding hydrogens is 266 g/mol. The molecule has 0 N–H and O–H groups in total. The minimum atomic E-state index is -1.07. The molecule has 1 saturated heterocycles. The molecule has 1 fully saturated rings. The van der Waals surface area contributed by atoms with Crippen molar-refractivity contribution in [2.24, 2.45) is 0 Å². The molecule has 112 valence electrons. The van der Waals surface area contributed by atoms with Crippen LogP contribution >= 0.6 is 0 Å². The first-order valence-electron chi connectivity index (χ1n) is 7.63. The Hall–Kier alpha value is -1.84. The highest BCUT2D eigenvalue weighted by molar-refractivity contribution is 5.97. The number of carbonyl (C=O) groups is 2. The molecule has 4 nitrogen and oxygen atoms in total. The molecule has 2 aliphatic rings. The predicted molar refractivity (Wildman–Crippen MR) is 79.0 cm³/mol. The van der Waals surface area contributed by atoms with Crippen molar-refractivity contribution in [2.75, 3.05) is 6.54 Å². The number of likely N-dealkylation sites (tertiary alicyclic amines) is 1. The third kappa shape index (κ3) is 2.43. The number of carbonyl (C=O) groups excluding carboxylic acids is 2. The molecule has 0 radical (unpaired) electrons. The van der Waals surface area contributed by atoms with Gasteiger partial charge in [0.1, 0.15) is 0 Å². The van der Waals surface area contributed by atoms with Gasteiger partial charge in [0.15, 0.2) is 5.60 Å². The summed E-state index contributed by atoms with van der Waals surface area (Å²) in [6.07, 6.45) is 3.66. The second-order valence-corrected chi connectivity index (χ2v) is 6.30. The lowest BCUT2D eigenvalue weighted by Gasteiger charge is -2.41. The molecule has 1 aromatic carbocycles. The lowest BCUT2D eigenvalue weighted by Crippen LogP contribution is -2.56. The van der Waals surface area contributed by atoms with E-state index in [0.29, 0.717) is 12.0 Å². The van der Waals surface area contributed by atoms with Crippen LogP contribution in [-0.2, 0) is 16.0 Å². The molecule has 0 aliphatic carbocycles. The summed E-state index contributed by atoms with van der Waals surface area (Å²) >= 11 is 0. The van der Waals surface area contributed by atoms with E-state index < -0.39 is 11.6 Å². The van der Waals surface area contributed by atoms with Gasteiger partial charge in [-0.2, -0.15) is 0 Å². The average Bonchev–Trinajstić information content (AvgIpc) is 2.47. The smallest absolute Gasteiger partial charge is 0.339 e. The molecular formula is C17H21NO3. The first-order chi connectivity index (χ1) is 10.0. The van der Waals surface area contributed by atoms with Gasteiger partial charge in [-0.1, -0.05) is 18.2 Å². The molecule has 0 bridgehead atoms. The van der Waals surface area contributed by atoms with Crippen molar-refractivity contribution in [3.8, 4) is 0 Å². The van der Waals surface area contributed by atoms with Gasteiger partial charge >= 0.3 is 5.97 Å². The number of hydrogen-bond acceptors (Lipinski definition) is 3. The normalized spacial score (nSPS) is 28.8. The van der Waals surface area contributed by atoms with Crippen LogP contribution in [0, 0.1) is 0 Å². The summed E-state index contributed by atoms with van der Waals surface area (Å²) in [7, 11) is 0. The minimum absolute atomic E-state index is 0.0578. The highest BCUT2D eigenvalue weighted by Crippen LogP contribution is 2.31.